The summed E-state index contributed by atoms with van der Waals surface area (Å²) in [6.45, 7) is 3.00. The molecule has 2 amide bonds. The maximum absolute atomic E-state index is 12.2. The summed E-state index contributed by atoms with van der Waals surface area (Å²) in [6, 6.07) is 5.28. The Bertz CT molecular complexity index is 559. The Morgan fingerprint density at radius 1 is 1.36 bits per heavy atom. The number of ether oxygens (including phenoxy) is 2. The summed E-state index contributed by atoms with van der Waals surface area (Å²) in [5.74, 6) is 0.767. The molecule has 2 rings (SSSR count). The average Bonchev–Trinajstić information content (AvgIpc) is 2.93. The van der Waals surface area contributed by atoms with E-state index < -0.39 is 0 Å². The molecule has 1 aromatic carbocycles. The lowest BCUT2D eigenvalue weighted by atomic mass is 10.1. The highest BCUT2D eigenvalue weighted by atomic mass is 16.5. The molecule has 1 aliphatic rings. The summed E-state index contributed by atoms with van der Waals surface area (Å²) < 4.78 is 10.5. The molecule has 1 N–H and O–H groups in total. The van der Waals surface area contributed by atoms with Crippen LogP contribution in [0.15, 0.2) is 18.2 Å². The van der Waals surface area contributed by atoms with Gasteiger partial charge in [0.2, 0.25) is 11.8 Å². The smallest absolute Gasteiger partial charge is 0.227 e. The standard InChI is InChI=1S/C16H22N2O4/c1-4-7-17-16(20)11-8-15(19)18(10-11)13-6-5-12(21-2)9-14(13)22-3/h5-6,9,11H,4,7-8,10H2,1-3H3,(H,17,20). The number of benzene rings is 1. The predicted molar refractivity (Wildman–Crippen MR) is 83.3 cm³/mol. The molecule has 0 saturated carbocycles. The lowest BCUT2D eigenvalue weighted by molar-refractivity contribution is -0.126. The zero-order valence-electron chi connectivity index (χ0n) is 13.2. The van der Waals surface area contributed by atoms with Crippen molar-refractivity contribution in [3.05, 3.63) is 18.2 Å². The maximum atomic E-state index is 12.2. The minimum Gasteiger partial charge on any atom is -0.497 e. The van der Waals surface area contributed by atoms with Crippen LogP contribution in [0.3, 0.4) is 0 Å². The van der Waals surface area contributed by atoms with Gasteiger partial charge in [0.25, 0.3) is 0 Å². The molecule has 0 spiro atoms. The van der Waals surface area contributed by atoms with E-state index in [0.29, 0.717) is 30.3 Å². The van der Waals surface area contributed by atoms with Gasteiger partial charge in [0.15, 0.2) is 0 Å². The van der Waals surface area contributed by atoms with Gasteiger partial charge in [0.05, 0.1) is 25.8 Å². The number of amides is 2. The normalized spacial score (nSPS) is 17.5. The van der Waals surface area contributed by atoms with Gasteiger partial charge in [-0.1, -0.05) is 6.92 Å². The monoisotopic (exact) mass is 306 g/mol. The second-order valence-electron chi connectivity index (χ2n) is 5.23. The largest absolute Gasteiger partial charge is 0.497 e. The molecule has 1 heterocycles. The van der Waals surface area contributed by atoms with Crippen molar-refractivity contribution in [3.8, 4) is 11.5 Å². The highest BCUT2D eigenvalue weighted by molar-refractivity contribution is 6.01. The highest BCUT2D eigenvalue weighted by Gasteiger charge is 2.36. The zero-order chi connectivity index (χ0) is 16.1. The van der Waals surface area contributed by atoms with Crippen molar-refractivity contribution in [1.82, 2.24) is 5.32 Å². The van der Waals surface area contributed by atoms with Crippen LogP contribution in [0.1, 0.15) is 19.8 Å². The van der Waals surface area contributed by atoms with E-state index in [1.165, 1.54) is 0 Å². The van der Waals surface area contributed by atoms with Crippen LogP contribution in [-0.4, -0.2) is 39.1 Å². The minimum absolute atomic E-state index is 0.0646. The summed E-state index contributed by atoms with van der Waals surface area (Å²) in [5, 5.41) is 2.84. The molecule has 6 nitrogen and oxygen atoms in total. The van der Waals surface area contributed by atoms with Crippen molar-refractivity contribution < 1.29 is 19.1 Å². The molecule has 0 aromatic heterocycles. The van der Waals surface area contributed by atoms with E-state index in [9.17, 15) is 9.59 Å². The summed E-state index contributed by atoms with van der Waals surface area (Å²) in [4.78, 5) is 25.9. The van der Waals surface area contributed by atoms with Gasteiger partial charge < -0.3 is 19.7 Å². The first kappa shape index (κ1) is 16.1. The van der Waals surface area contributed by atoms with Crippen LogP contribution in [0.4, 0.5) is 5.69 Å². The first-order valence-corrected chi connectivity index (χ1v) is 7.40. The van der Waals surface area contributed by atoms with Crippen molar-refractivity contribution in [1.29, 1.82) is 0 Å². The Morgan fingerprint density at radius 2 is 2.14 bits per heavy atom. The van der Waals surface area contributed by atoms with Gasteiger partial charge in [0, 0.05) is 25.6 Å². The quantitative estimate of drug-likeness (QED) is 0.866. The van der Waals surface area contributed by atoms with E-state index in [0.717, 1.165) is 6.42 Å². The molecule has 1 aliphatic heterocycles. The zero-order valence-corrected chi connectivity index (χ0v) is 13.2. The Labute approximate surface area is 130 Å². The number of carbonyl (C=O) groups is 2. The third-order valence-corrected chi connectivity index (χ3v) is 3.72. The van der Waals surface area contributed by atoms with E-state index in [-0.39, 0.29) is 24.2 Å². The molecular weight excluding hydrogens is 284 g/mol. The summed E-state index contributed by atoms with van der Waals surface area (Å²) >= 11 is 0. The lowest BCUT2D eigenvalue weighted by Crippen LogP contribution is -2.33. The van der Waals surface area contributed by atoms with Crippen molar-refractivity contribution in [3.63, 3.8) is 0 Å². The van der Waals surface area contributed by atoms with Gasteiger partial charge in [-0.25, -0.2) is 0 Å². The van der Waals surface area contributed by atoms with Gasteiger partial charge in [-0.3, -0.25) is 9.59 Å². The van der Waals surface area contributed by atoms with Gasteiger partial charge in [-0.2, -0.15) is 0 Å². The van der Waals surface area contributed by atoms with Gasteiger partial charge in [0.1, 0.15) is 11.5 Å². The fourth-order valence-corrected chi connectivity index (χ4v) is 2.52. The molecule has 6 heteroatoms. The number of hydrogen-bond donors (Lipinski definition) is 1. The highest BCUT2D eigenvalue weighted by Crippen LogP contribution is 2.35. The molecule has 0 aliphatic carbocycles. The van der Waals surface area contributed by atoms with Crippen molar-refractivity contribution in [2.45, 2.75) is 19.8 Å². The first-order chi connectivity index (χ1) is 10.6. The number of nitrogens with zero attached hydrogens (tertiary/aromatic N) is 1. The second-order valence-corrected chi connectivity index (χ2v) is 5.23. The lowest BCUT2D eigenvalue weighted by Gasteiger charge is -2.20. The minimum atomic E-state index is -0.314. The molecule has 1 saturated heterocycles. The Balaban J connectivity index is 2.16. The van der Waals surface area contributed by atoms with E-state index in [4.69, 9.17) is 9.47 Å². The third kappa shape index (κ3) is 3.32. The molecule has 1 unspecified atom stereocenters. The van der Waals surface area contributed by atoms with E-state index in [1.807, 2.05) is 6.92 Å². The summed E-state index contributed by atoms with van der Waals surface area (Å²) in [5.41, 5.74) is 0.666. The van der Waals surface area contributed by atoms with Crippen LogP contribution in [0, 0.1) is 5.92 Å². The number of carbonyl (C=O) groups excluding carboxylic acids is 2. The molecule has 1 aromatic rings. The SMILES string of the molecule is CCCNC(=O)C1CC(=O)N(c2ccc(OC)cc2OC)C1. The Hall–Kier alpha value is -2.24. The van der Waals surface area contributed by atoms with Crippen molar-refractivity contribution >= 4 is 17.5 Å². The van der Waals surface area contributed by atoms with Crippen LogP contribution in [0.2, 0.25) is 0 Å². The topological polar surface area (TPSA) is 67.9 Å². The Morgan fingerprint density at radius 3 is 2.77 bits per heavy atom. The molecule has 1 fully saturated rings. The van der Waals surface area contributed by atoms with Crippen molar-refractivity contribution in [2.24, 2.45) is 5.92 Å². The predicted octanol–water partition coefficient (Wildman–Crippen LogP) is 1.58. The molecule has 120 valence electrons. The van der Waals surface area contributed by atoms with E-state index >= 15 is 0 Å². The molecule has 0 bridgehead atoms. The third-order valence-electron chi connectivity index (χ3n) is 3.72. The van der Waals surface area contributed by atoms with Crippen LogP contribution >= 0.6 is 0 Å². The number of methoxy groups -OCH3 is 2. The van der Waals surface area contributed by atoms with Crippen molar-refractivity contribution in [2.75, 3.05) is 32.2 Å². The fraction of sp³-hybridized carbons (Fsp3) is 0.500. The maximum Gasteiger partial charge on any atom is 0.227 e. The number of anilines is 1. The number of nitrogens with one attached hydrogen (secondary N) is 1. The molecule has 1 atom stereocenters. The Kier molecular flexibility index (Phi) is 5.25. The van der Waals surface area contributed by atoms with Gasteiger partial charge in [-0.05, 0) is 18.6 Å². The van der Waals surface area contributed by atoms with Crippen LogP contribution in [0.25, 0.3) is 0 Å². The number of rotatable bonds is 6. The van der Waals surface area contributed by atoms with Gasteiger partial charge in [-0.15, -0.1) is 0 Å². The number of hydrogen-bond acceptors (Lipinski definition) is 4. The van der Waals surface area contributed by atoms with Gasteiger partial charge >= 0.3 is 0 Å². The van der Waals surface area contributed by atoms with E-state index in [2.05, 4.69) is 5.32 Å². The average molecular weight is 306 g/mol. The molecule has 0 radical (unpaired) electrons. The summed E-state index contributed by atoms with van der Waals surface area (Å²) in [7, 11) is 3.12. The van der Waals surface area contributed by atoms with Crippen LogP contribution < -0.4 is 19.7 Å². The molecule has 22 heavy (non-hydrogen) atoms. The van der Waals surface area contributed by atoms with Crippen LogP contribution in [-0.2, 0) is 9.59 Å². The van der Waals surface area contributed by atoms with Crippen LogP contribution in [0.5, 0.6) is 11.5 Å². The second kappa shape index (κ2) is 7.15. The summed E-state index contributed by atoms with van der Waals surface area (Å²) in [6.07, 6.45) is 1.10. The fourth-order valence-electron chi connectivity index (χ4n) is 2.52. The first-order valence-electron chi connectivity index (χ1n) is 7.40. The molecular formula is C16H22N2O4. The van der Waals surface area contributed by atoms with E-state index in [1.54, 1.807) is 37.3 Å².